The van der Waals surface area contributed by atoms with Crippen molar-refractivity contribution >= 4 is 27.3 Å². The van der Waals surface area contributed by atoms with Crippen LogP contribution in [-0.2, 0) is 6.42 Å². The first kappa shape index (κ1) is 11.0. The van der Waals surface area contributed by atoms with E-state index >= 15 is 0 Å². The zero-order chi connectivity index (χ0) is 10.9. The van der Waals surface area contributed by atoms with Crippen molar-refractivity contribution in [2.75, 3.05) is 5.73 Å². The second kappa shape index (κ2) is 3.96. The quantitative estimate of drug-likeness (QED) is 0.504. The zero-order valence-corrected chi connectivity index (χ0v) is 9.59. The molecule has 1 aromatic carbocycles. The van der Waals surface area contributed by atoms with Gasteiger partial charge in [-0.3, -0.25) is 10.1 Å². The van der Waals surface area contributed by atoms with Crippen molar-refractivity contribution in [2.24, 2.45) is 0 Å². The van der Waals surface area contributed by atoms with Crippen molar-refractivity contribution in [2.45, 2.75) is 20.3 Å². The number of anilines is 1. The minimum absolute atomic E-state index is 0.0186. The summed E-state index contributed by atoms with van der Waals surface area (Å²) in [7, 11) is 0. The summed E-state index contributed by atoms with van der Waals surface area (Å²) in [6.45, 7) is 3.67. The highest BCUT2D eigenvalue weighted by Gasteiger charge is 2.19. The van der Waals surface area contributed by atoms with Crippen molar-refractivity contribution in [1.82, 2.24) is 0 Å². The van der Waals surface area contributed by atoms with E-state index in [1.165, 1.54) is 0 Å². The number of nitrogens with zero attached hydrogens (tertiary/aromatic N) is 1. The molecule has 0 saturated carbocycles. The van der Waals surface area contributed by atoms with Crippen LogP contribution in [0.15, 0.2) is 10.5 Å². The van der Waals surface area contributed by atoms with Gasteiger partial charge < -0.3 is 5.73 Å². The number of nitro groups is 1. The van der Waals surface area contributed by atoms with E-state index in [-0.39, 0.29) is 11.4 Å². The van der Waals surface area contributed by atoms with Crippen molar-refractivity contribution in [1.29, 1.82) is 0 Å². The lowest BCUT2D eigenvalue weighted by atomic mass is 10.0. The van der Waals surface area contributed by atoms with E-state index in [4.69, 9.17) is 5.73 Å². The summed E-state index contributed by atoms with van der Waals surface area (Å²) < 4.78 is 0.834. The van der Waals surface area contributed by atoms with Gasteiger partial charge in [0.1, 0.15) is 5.69 Å². The van der Waals surface area contributed by atoms with Gasteiger partial charge in [-0.05, 0) is 25.0 Å². The molecule has 0 aliphatic carbocycles. The van der Waals surface area contributed by atoms with E-state index in [0.29, 0.717) is 5.56 Å². The molecule has 0 fully saturated rings. The Bertz CT molecular complexity index is 391. The molecule has 0 aliphatic rings. The maximum atomic E-state index is 10.7. The van der Waals surface area contributed by atoms with Crippen molar-refractivity contribution in [3.63, 3.8) is 0 Å². The molecular weight excluding hydrogens is 248 g/mol. The summed E-state index contributed by atoms with van der Waals surface area (Å²) in [6.07, 6.45) is 0.744. The summed E-state index contributed by atoms with van der Waals surface area (Å²) >= 11 is 3.34. The Hall–Kier alpha value is -1.10. The number of benzene rings is 1. The van der Waals surface area contributed by atoms with Crippen LogP contribution < -0.4 is 5.73 Å². The Morgan fingerprint density at radius 2 is 2.21 bits per heavy atom. The number of nitrogens with two attached hydrogens (primary N) is 1. The third-order valence-corrected chi connectivity index (χ3v) is 2.90. The fourth-order valence-corrected chi connectivity index (χ4v) is 2.33. The van der Waals surface area contributed by atoms with Crippen LogP contribution in [0.2, 0.25) is 0 Å². The maximum Gasteiger partial charge on any atom is 0.295 e. The summed E-state index contributed by atoms with van der Waals surface area (Å²) in [5.74, 6) is 0. The molecule has 2 N–H and O–H groups in total. The highest BCUT2D eigenvalue weighted by Crippen LogP contribution is 2.34. The first-order valence-electron chi connectivity index (χ1n) is 4.20. The van der Waals surface area contributed by atoms with E-state index in [2.05, 4.69) is 15.9 Å². The molecule has 0 bridgehead atoms. The molecule has 1 aromatic rings. The largest absolute Gasteiger partial charge is 0.393 e. The van der Waals surface area contributed by atoms with Crippen molar-refractivity contribution < 1.29 is 4.92 Å². The van der Waals surface area contributed by atoms with E-state index in [1.807, 2.05) is 6.92 Å². The van der Waals surface area contributed by atoms with Crippen LogP contribution in [0.4, 0.5) is 11.4 Å². The van der Waals surface area contributed by atoms with Gasteiger partial charge in [-0.1, -0.05) is 22.9 Å². The molecule has 4 nitrogen and oxygen atoms in total. The van der Waals surface area contributed by atoms with Gasteiger partial charge in [-0.25, -0.2) is 0 Å². The fourth-order valence-electron chi connectivity index (χ4n) is 1.51. The third kappa shape index (κ3) is 1.72. The van der Waals surface area contributed by atoms with Gasteiger partial charge in [-0.2, -0.15) is 0 Å². The van der Waals surface area contributed by atoms with Crippen molar-refractivity contribution in [3.05, 3.63) is 31.8 Å². The third-order valence-electron chi connectivity index (χ3n) is 2.19. The second-order valence-corrected chi connectivity index (χ2v) is 3.86. The Morgan fingerprint density at radius 3 is 2.64 bits per heavy atom. The average molecular weight is 259 g/mol. The first-order valence-corrected chi connectivity index (χ1v) is 5.00. The van der Waals surface area contributed by atoms with Crippen LogP contribution in [0.25, 0.3) is 0 Å². The lowest BCUT2D eigenvalue weighted by Gasteiger charge is -2.08. The van der Waals surface area contributed by atoms with E-state index in [0.717, 1.165) is 16.5 Å². The van der Waals surface area contributed by atoms with E-state index < -0.39 is 4.92 Å². The molecule has 0 aromatic heterocycles. The monoisotopic (exact) mass is 258 g/mol. The smallest absolute Gasteiger partial charge is 0.295 e. The Morgan fingerprint density at radius 1 is 1.64 bits per heavy atom. The van der Waals surface area contributed by atoms with Gasteiger partial charge in [-0.15, -0.1) is 0 Å². The molecule has 0 saturated heterocycles. The molecule has 76 valence electrons. The van der Waals surface area contributed by atoms with Crippen LogP contribution in [0.3, 0.4) is 0 Å². The molecule has 0 atom stereocenters. The standard InChI is InChI=1S/C9H11BrN2O2/c1-3-6-5(2)9(12(13)14)8(11)4-7(6)10/h4H,3,11H2,1-2H3. The van der Waals surface area contributed by atoms with Crippen LogP contribution in [0.5, 0.6) is 0 Å². The highest BCUT2D eigenvalue weighted by atomic mass is 79.9. The average Bonchev–Trinajstić information content (AvgIpc) is 2.02. The minimum atomic E-state index is -0.434. The summed E-state index contributed by atoms with van der Waals surface area (Å²) in [4.78, 5) is 10.3. The number of halogens is 1. The van der Waals surface area contributed by atoms with Gasteiger partial charge in [0.2, 0.25) is 0 Å². The molecular formula is C9H11BrN2O2. The van der Waals surface area contributed by atoms with E-state index in [9.17, 15) is 10.1 Å². The molecule has 0 unspecified atom stereocenters. The lowest BCUT2D eigenvalue weighted by molar-refractivity contribution is -0.384. The number of rotatable bonds is 2. The topological polar surface area (TPSA) is 69.2 Å². The van der Waals surface area contributed by atoms with Gasteiger partial charge in [0.15, 0.2) is 0 Å². The summed E-state index contributed by atoms with van der Waals surface area (Å²) in [5.41, 5.74) is 7.38. The zero-order valence-electron chi connectivity index (χ0n) is 8.00. The predicted molar refractivity (Wildman–Crippen MR) is 59.3 cm³/mol. The van der Waals surface area contributed by atoms with Crippen LogP contribution in [0, 0.1) is 17.0 Å². The van der Waals surface area contributed by atoms with Crippen LogP contribution >= 0.6 is 15.9 Å². The Balaban J connectivity index is 3.52. The molecule has 14 heavy (non-hydrogen) atoms. The number of nitro benzene ring substituents is 1. The van der Waals surface area contributed by atoms with Gasteiger partial charge >= 0.3 is 0 Å². The van der Waals surface area contributed by atoms with Gasteiger partial charge in [0, 0.05) is 10.0 Å². The highest BCUT2D eigenvalue weighted by molar-refractivity contribution is 9.10. The fraction of sp³-hybridized carbons (Fsp3) is 0.333. The Labute approximate surface area is 90.4 Å². The molecule has 0 amide bonds. The minimum Gasteiger partial charge on any atom is -0.393 e. The summed E-state index contributed by atoms with van der Waals surface area (Å²) in [5, 5.41) is 10.7. The van der Waals surface area contributed by atoms with Crippen LogP contribution in [0.1, 0.15) is 18.1 Å². The number of hydrogen-bond acceptors (Lipinski definition) is 3. The van der Waals surface area contributed by atoms with Crippen LogP contribution in [-0.4, -0.2) is 4.92 Å². The maximum absolute atomic E-state index is 10.7. The molecule has 0 spiro atoms. The second-order valence-electron chi connectivity index (χ2n) is 3.01. The number of nitrogen functional groups attached to an aromatic ring is 1. The number of hydrogen-bond donors (Lipinski definition) is 1. The van der Waals surface area contributed by atoms with Gasteiger partial charge in [0.05, 0.1) is 4.92 Å². The van der Waals surface area contributed by atoms with Crippen molar-refractivity contribution in [3.8, 4) is 0 Å². The van der Waals surface area contributed by atoms with Gasteiger partial charge in [0.25, 0.3) is 5.69 Å². The molecule has 0 aliphatic heterocycles. The molecule has 5 heteroatoms. The molecule has 0 heterocycles. The Kier molecular flexibility index (Phi) is 3.10. The normalized spacial score (nSPS) is 10.2. The summed E-state index contributed by atoms with van der Waals surface area (Å²) in [6, 6.07) is 1.59. The SMILES string of the molecule is CCc1c(Br)cc(N)c([N+](=O)[O-])c1C. The molecule has 0 radical (unpaired) electrons. The lowest BCUT2D eigenvalue weighted by Crippen LogP contribution is -2.02. The first-order chi connectivity index (χ1) is 6.49. The molecule has 1 rings (SSSR count). The predicted octanol–water partition coefficient (Wildman–Crippen LogP) is 2.81. The van der Waals surface area contributed by atoms with E-state index in [1.54, 1.807) is 13.0 Å².